The average molecular weight is 288 g/mol. The Kier molecular flexibility index (Phi) is 5.03. The van der Waals surface area contributed by atoms with Crippen LogP contribution in [0.5, 0.6) is 0 Å². The predicted octanol–water partition coefficient (Wildman–Crippen LogP) is 0.950. The molecule has 0 fully saturated rings. The third-order valence-corrected chi connectivity index (χ3v) is 2.88. The summed E-state index contributed by atoms with van der Waals surface area (Å²) in [6, 6.07) is 7.01. The monoisotopic (exact) mass is 288 g/mol. The highest BCUT2D eigenvalue weighted by Crippen LogP contribution is 2.08. The maximum atomic E-state index is 11.9. The van der Waals surface area contributed by atoms with Crippen LogP contribution in [0.15, 0.2) is 36.9 Å². The minimum Gasteiger partial charge on any atom is -0.469 e. The lowest BCUT2D eigenvalue weighted by atomic mass is 10.2. The molecule has 0 saturated heterocycles. The van der Waals surface area contributed by atoms with Crippen molar-refractivity contribution in [3.8, 4) is 5.69 Å². The Morgan fingerprint density at radius 1 is 1.29 bits per heavy atom. The van der Waals surface area contributed by atoms with Crippen molar-refractivity contribution in [3.05, 3.63) is 42.5 Å². The first-order valence-corrected chi connectivity index (χ1v) is 6.51. The Morgan fingerprint density at radius 3 is 2.67 bits per heavy atom. The van der Waals surface area contributed by atoms with Gasteiger partial charge in [-0.3, -0.25) is 9.59 Å². The zero-order valence-corrected chi connectivity index (χ0v) is 11.7. The fourth-order valence-corrected chi connectivity index (χ4v) is 1.75. The second-order valence-corrected chi connectivity index (χ2v) is 4.32. The Labute approximate surface area is 121 Å². The molecule has 0 atom stereocenters. The Hall–Kier alpha value is -2.70. The van der Waals surface area contributed by atoms with Crippen LogP contribution >= 0.6 is 0 Å². The van der Waals surface area contributed by atoms with Crippen LogP contribution in [0.4, 0.5) is 0 Å². The summed E-state index contributed by atoms with van der Waals surface area (Å²) in [6.07, 6.45) is 3.88. The maximum Gasteiger partial charge on any atom is 0.305 e. The van der Waals surface area contributed by atoms with Crippen LogP contribution in [-0.2, 0) is 9.53 Å². The van der Waals surface area contributed by atoms with Gasteiger partial charge in [0.1, 0.15) is 12.7 Å². The number of aromatic nitrogens is 3. The molecule has 1 amide bonds. The van der Waals surface area contributed by atoms with Crippen LogP contribution < -0.4 is 5.32 Å². The molecule has 2 aromatic rings. The van der Waals surface area contributed by atoms with Crippen molar-refractivity contribution in [2.45, 2.75) is 12.8 Å². The first-order valence-electron chi connectivity index (χ1n) is 6.51. The van der Waals surface area contributed by atoms with Gasteiger partial charge in [-0.05, 0) is 30.7 Å². The normalized spacial score (nSPS) is 10.1. The number of nitrogens with one attached hydrogen (secondary N) is 1. The molecule has 0 bridgehead atoms. The number of benzene rings is 1. The maximum absolute atomic E-state index is 11.9. The molecule has 0 aliphatic carbocycles. The molecule has 0 aliphatic rings. The summed E-state index contributed by atoms with van der Waals surface area (Å²) in [7, 11) is 1.34. The smallest absolute Gasteiger partial charge is 0.305 e. The Morgan fingerprint density at radius 2 is 2.05 bits per heavy atom. The molecule has 7 heteroatoms. The molecule has 0 saturated carbocycles. The van der Waals surface area contributed by atoms with Crippen molar-refractivity contribution in [1.82, 2.24) is 20.1 Å². The van der Waals surface area contributed by atoms with Crippen LogP contribution in [-0.4, -0.2) is 40.3 Å². The molecular formula is C14H16N4O3. The number of esters is 1. The van der Waals surface area contributed by atoms with E-state index in [-0.39, 0.29) is 11.9 Å². The van der Waals surface area contributed by atoms with E-state index in [2.05, 4.69) is 20.1 Å². The van der Waals surface area contributed by atoms with Gasteiger partial charge in [0, 0.05) is 18.5 Å². The summed E-state index contributed by atoms with van der Waals surface area (Å²) in [4.78, 5) is 26.7. The molecule has 0 radical (unpaired) electrons. The van der Waals surface area contributed by atoms with E-state index in [4.69, 9.17) is 0 Å². The molecule has 2 rings (SSSR count). The lowest BCUT2D eigenvalue weighted by molar-refractivity contribution is -0.140. The van der Waals surface area contributed by atoms with Gasteiger partial charge in [-0.15, -0.1) is 0 Å². The van der Waals surface area contributed by atoms with Gasteiger partial charge in [0.25, 0.3) is 5.91 Å². The molecule has 1 aromatic carbocycles. The summed E-state index contributed by atoms with van der Waals surface area (Å²) < 4.78 is 6.13. The van der Waals surface area contributed by atoms with Crippen molar-refractivity contribution in [2.75, 3.05) is 13.7 Å². The largest absolute Gasteiger partial charge is 0.469 e. The second-order valence-electron chi connectivity index (χ2n) is 4.32. The van der Waals surface area contributed by atoms with E-state index in [0.29, 0.717) is 24.9 Å². The van der Waals surface area contributed by atoms with Crippen molar-refractivity contribution < 1.29 is 14.3 Å². The van der Waals surface area contributed by atoms with Crippen LogP contribution in [0.3, 0.4) is 0 Å². The SMILES string of the molecule is COC(=O)CCCNC(=O)c1ccc(-n2cncn2)cc1. The van der Waals surface area contributed by atoms with Crippen molar-refractivity contribution >= 4 is 11.9 Å². The predicted molar refractivity (Wildman–Crippen MR) is 74.9 cm³/mol. The fourth-order valence-electron chi connectivity index (χ4n) is 1.75. The molecule has 7 nitrogen and oxygen atoms in total. The summed E-state index contributed by atoms with van der Waals surface area (Å²) in [5.74, 6) is -0.452. The topological polar surface area (TPSA) is 86.1 Å². The highest BCUT2D eigenvalue weighted by atomic mass is 16.5. The molecule has 1 N–H and O–H groups in total. The van der Waals surface area contributed by atoms with E-state index >= 15 is 0 Å². The highest BCUT2D eigenvalue weighted by Gasteiger charge is 2.06. The summed E-state index contributed by atoms with van der Waals surface area (Å²) in [5.41, 5.74) is 1.38. The lowest BCUT2D eigenvalue weighted by Crippen LogP contribution is -2.25. The molecule has 0 aliphatic heterocycles. The zero-order valence-electron chi connectivity index (χ0n) is 11.7. The molecular weight excluding hydrogens is 272 g/mol. The first kappa shape index (κ1) is 14.7. The Balaban J connectivity index is 1.84. The first-order chi connectivity index (χ1) is 10.2. The van der Waals surface area contributed by atoms with E-state index in [1.807, 2.05) is 0 Å². The second kappa shape index (κ2) is 7.18. The van der Waals surface area contributed by atoms with Crippen LogP contribution in [0, 0.1) is 0 Å². The van der Waals surface area contributed by atoms with Gasteiger partial charge < -0.3 is 10.1 Å². The molecule has 1 aromatic heterocycles. The number of methoxy groups -OCH3 is 1. The summed E-state index contributed by atoms with van der Waals surface area (Å²) in [5, 5.41) is 6.76. The number of hydrogen-bond acceptors (Lipinski definition) is 5. The number of rotatable bonds is 6. The third kappa shape index (κ3) is 4.13. The molecule has 1 heterocycles. The average Bonchev–Trinajstić information content (AvgIpc) is 3.05. The van der Waals surface area contributed by atoms with Gasteiger partial charge >= 0.3 is 5.97 Å². The minimum absolute atomic E-state index is 0.176. The van der Waals surface area contributed by atoms with E-state index in [9.17, 15) is 9.59 Å². The van der Waals surface area contributed by atoms with Crippen LogP contribution in [0.25, 0.3) is 5.69 Å². The number of hydrogen-bond donors (Lipinski definition) is 1. The highest BCUT2D eigenvalue weighted by molar-refractivity contribution is 5.94. The minimum atomic E-state index is -0.276. The van der Waals surface area contributed by atoms with Gasteiger partial charge in [-0.2, -0.15) is 5.10 Å². The third-order valence-electron chi connectivity index (χ3n) is 2.88. The summed E-state index contributed by atoms with van der Waals surface area (Å²) in [6.45, 7) is 0.429. The number of nitrogens with zero attached hydrogens (tertiary/aromatic N) is 3. The molecule has 21 heavy (non-hydrogen) atoms. The van der Waals surface area contributed by atoms with E-state index in [1.165, 1.54) is 13.4 Å². The fraction of sp³-hybridized carbons (Fsp3) is 0.286. The number of carbonyl (C=O) groups is 2. The number of amides is 1. The van der Waals surface area contributed by atoms with E-state index in [0.717, 1.165) is 5.69 Å². The van der Waals surface area contributed by atoms with Crippen molar-refractivity contribution in [2.24, 2.45) is 0 Å². The number of ether oxygens (including phenoxy) is 1. The quantitative estimate of drug-likeness (QED) is 0.632. The molecule has 0 spiro atoms. The van der Waals surface area contributed by atoms with Gasteiger partial charge in [-0.1, -0.05) is 0 Å². The van der Waals surface area contributed by atoms with Crippen LogP contribution in [0.1, 0.15) is 23.2 Å². The Bertz CT molecular complexity index is 593. The van der Waals surface area contributed by atoms with Gasteiger partial charge in [-0.25, -0.2) is 9.67 Å². The van der Waals surface area contributed by atoms with E-state index < -0.39 is 0 Å². The lowest BCUT2D eigenvalue weighted by Gasteiger charge is -2.06. The van der Waals surface area contributed by atoms with Gasteiger partial charge in [0.2, 0.25) is 0 Å². The summed E-state index contributed by atoms with van der Waals surface area (Å²) >= 11 is 0. The standard InChI is InChI=1S/C14H16N4O3/c1-21-13(19)3-2-8-16-14(20)11-4-6-12(7-5-11)18-10-15-9-17-18/h4-7,9-10H,2-3,8H2,1H3,(H,16,20). The van der Waals surface area contributed by atoms with Gasteiger partial charge in [0.15, 0.2) is 0 Å². The number of carbonyl (C=O) groups excluding carboxylic acids is 2. The van der Waals surface area contributed by atoms with E-state index in [1.54, 1.807) is 35.3 Å². The van der Waals surface area contributed by atoms with Crippen LogP contribution in [0.2, 0.25) is 0 Å². The zero-order chi connectivity index (χ0) is 15.1. The molecule has 110 valence electrons. The van der Waals surface area contributed by atoms with Crippen molar-refractivity contribution in [1.29, 1.82) is 0 Å². The molecule has 0 unspecified atom stereocenters. The van der Waals surface area contributed by atoms with Gasteiger partial charge in [0.05, 0.1) is 12.8 Å². The van der Waals surface area contributed by atoms with Crippen molar-refractivity contribution in [3.63, 3.8) is 0 Å².